The molecule has 29 heteroatoms. The van der Waals surface area contributed by atoms with Gasteiger partial charge in [0, 0.05) is 83.1 Å². The van der Waals surface area contributed by atoms with Gasteiger partial charge in [-0.05, 0) is 115 Å². The molecule has 0 aliphatic carbocycles. The lowest BCUT2D eigenvalue weighted by Crippen LogP contribution is -2.23. The van der Waals surface area contributed by atoms with Crippen molar-refractivity contribution < 1.29 is 56.4 Å². The highest BCUT2D eigenvalue weighted by Gasteiger charge is 2.19. The van der Waals surface area contributed by atoms with E-state index in [1.165, 1.54) is 65.8 Å². The van der Waals surface area contributed by atoms with E-state index in [0.29, 0.717) is 83.9 Å². The number of nitrogens with zero attached hydrogens (tertiary/aromatic N) is 5. The Morgan fingerprint density at radius 3 is 1.42 bits per heavy atom. The molecule has 0 spiro atoms. The molecule has 0 aliphatic heterocycles. The minimum atomic E-state index is -0.692. The molecule has 0 aliphatic rings. The van der Waals surface area contributed by atoms with Crippen molar-refractivity contribution >= 4 is 114 Å². The molecular weight excluding hydrogens is 1330 g/mol. The first-order valence-corrected chi connectivity index (χ1v) is 31.4. The summed E-state index contributed by atoms with van der Waals surface area (Å²) >= 11 is 2.92. The number of aromatic nitrogens is 4. The lowest BCUT2D eigenvalue weighted by Gasteiger charge is -2.11. The molecule has 0 radical (unpaired) electrons. The summed E-state index contributed by atoms with van der Waals surface area (Å²) in [6.07, 6.45) is 6.88. The van der Waals surface area contributed by atoms with E-state index < -0.39 is 48.1 Å². The zero-order chi connectivity index (χ0) is 68.6. The van der Waals surface area contributed by atoms with Gasteiger partial charge in [0.1, 0.15) is 47.3 Å². The first-order chi connectivity index (χ1) is 47.0. The van der Waals surface area contributed by atoms with Crippen LogP contribution < -0.4 is 72.6 Å². The van der Waals surface area contributed by atoms with Gasteiger partial charge in [-0.2, -0.15) is 5.10 Å². The maximum atomic E-state index is 15.1. The summed E-state index contributed by atoms with van der Waals surface area (Å²) in [5.41, 5.74) is 25.8. The van der Waals surface area contributed by atoms with Crippen molar-refractivity contribution in [3.63, 3.8) is 0 Å². The van der Waals surface area contributed by atoms with Crippen molar-refractivity contribution in [2.24, 2.45) is 27.9 Å². The van der Waals surface area contributed by atoms with Gasteiger partial charge in [0.25, 0.3) is 0 Å². The molecule has 0 saturated carbocycles. The van der Waals surface area contributed by atoms with E-state index in [9.17, 15) is 19.2 Å². The average Bonchev–Trinajstić information content (AvgIpc) is 1.67. The van der Waals surface area contributed by atoms with Crippen molar-refractivity contribution in [2.45, 2.75) is 33.1 Å². The van der Waals surface area contributed by atoms with E-state index in [2.05, 4.69) is 41.3 Å². The molecule has 0 saturated heterocycles. The van der Waals surface area contributed by atoms with Gasteiger partial charge in [-0.15, -0.1) is 35.1 Å². The first-order valence-electron chi connectivity index (χ1n) is 29.8. The van der Waals surface area contributed by atoms with E-state index in [1.54, 1.807) is 91.5 Å². The molecule has 99 heavy (non-hydrogen) atoms. The number of carbonyl (C=O) groups is 4. The molecule has 0 unspecified atom stereocenters. The largest absolute Gasteiger partial charge is 0.495 e. The number of halogens is 3. The van der Waals surface area contributed by atoms with Gasteiger partial charge in [-0.3, -0.25) is 39.5 Å². The Morgan fingerprint density at radius 1 is 0.545 bits per heavy atom. The highest BCUT2D eigenvalue weighted by molar-refractivity contribution is 7.23. The van der Waals surface area contributed by atoms with Crippen LogP contribution in [-0.2, 0) is 19.2 Å². The van der Waals surface area contributed by atoms with Crippen molar-refractivity contribution in [3.8, 4) is 66.9 Å². The Hall–Kier alpha value is -11.7. The van der Waals surface area contributed by atoms with Crippen LogP contribution in [0, 0.1) is 17.0 Å². The number of methoxy groups -OCH3 is 2. The number of amides is 4. The van der Waals surface area contributed by atoms with Gasteiger partial charge in [0.2, 0.25) is 29.6 Å². The number of anilines is 4. The van der Waals surface area contributed by atoms with E-state index in [0.717, 1.165) is 54.6 Å². The predicted molar refractivity (Wildman–Crippen MR) is 386 cm³/mol. The number of hydrogen-bond acceptors (Lipinski definition) is 18. The standard InChI is InChI=1S/C33H31FN6O5S.C32H29FN4O5S.C4H6N4.CH4.ClH/c1-43-27-9-3-2-8-24(27)40-31(42)19-30(41)39-21-10-11-26(23(34)17-21)45-28-12-14-37-25-18-29(46-32(25)28)20-6-4-7-22(16-20)44-15-5-13-38-33(35)36;1-40-27-9-3-2-8-24(27)37-31(39)19-30(38)36-21-10-11-26(23(33)17-21)42-28-12-14-35-25-18-29(43-32(25)28)20-6-4-7-22(16-20)41-15-5-13-34;5-4(6)8-3-1-2-7-8;;/h2-4,6-12,14,16-18H,5,13,15,19H2,1H3,(H,39,41)(H,40,42)(H4,35,36,38);2-4,6-12,14,16-18H,5,13,15,19,34H2,1H3,(H,36,38)(H,37,39);1-3H,(H3,5,6);1H4;1H. The van der Waals surface area contributed by atoms with Gasteiger partial charge < -0.3 is 72.6 Å². The monoisotopic (exact) mass is 1400 g/mol. The Kier molecular flexibility index (Phi) is 27.9. The highest BCUT2D eigenvalue weighted by atomic mass is 35.5. The fourth-order valence-electron chi connectivity index (χ4n) is 9.05. The fraction of sp³-hybridized carbons (Fsp3) is 0.157. The number of nitrogen functional groups attached to an aromatic ring is 1. The number of ether oxygens (including phenoxy) is 6. The second kappa shape index (κ2) is 37.0. The number of nitrogens with two attached hydrogens (primary N) is 4. The van der Waals surface area contributed by atoms with Gasteiger partial charge in [-0.25, -0.2) is 13.5 Å². The predicted octanol–water partition coefficient (Wildman–Crippen LogP) is 13.2. The van der Waals surface area contributed by atoms with Gasteiger partial charge >= 0.3 is 0 Å². The van der Waals surface area contributed by atoms with E-state index in [1.807, 2.05) is 60.7 Å². The Morgan fingerprint density at radius 2 is 1.01 bits per heavy atom. The topological polar surface area (TPSA) is 356 Å². The molecule has 0 atom stereocenters. The van der Waals surface area contributed by atoms with Crippen LogP contribution in [0.25, 0.3) is 41.3 Å². The first kappa shape index (κ1) is 74.7. The molecule has 11 aromatic rings. The van der Waals surface area contributed by atoms with Gasteiger partial charge in [0.05, 0.1) is 59.2 Å². The molecule has 5 aromatic heterocycles. The number of carbonyl (C=O) groups excluding carboxylic acids is 4. The van der Waals surface area contributed by atoms with Crippen LogP contribution in [0.4, 0.5) is 31.5 Å². The quantitative estimate of drug-likeness (QED) is 0.0111. The Labute approximate surface area is 582 Å². The molecule has 0 fully saturated rings. The van der Waals surface area contributed by atoms with Crippen molar-refractivity contribution in [2.75, 3.05) is 61.8 Å². The Bertz CT molecular complexity index is 4600. The smallest absolute Gasteiger partial charge is 0.233 e. The number of benzene rings is 6. The van der Waals surface area contributed by atoms with E-state index in [4.69, 9.17) is 56.8 Å². The summed E-state index contributed by atoms with van der Waals surface area (Å²) in [5, 5.41) is 20.9. The molecule has 11 rings (SSSR count). The number of fused-ring (bicyclic) bond motifs is 2. The van der Waals surface area contributed by atoms with Crippen LogP contribution in [0.15, 0.2) is 194 Å². The van der Waals surface area contributed by atoms with Crippen LogP contribution in [0.5, 0.6) is 46.0 Å². The van der Waals surface area contributed by atoms with Crippen LogP contribution in [0.3, 0.4) is 0 Å². The minimum Gasteiger partial charge on any atom is -0.495 e. The minimum absolute atomic E-state index is 0. The average molecular weight is 1410 g/mol. The molecule has 24 nitrogen and oxygen atoms in total. The summed E-state index contributed by atoms with van der Waals surface area (Å²) in [6.45, 7) is 2.04. The second-order valence-electron chi connectivity index (χ2n) is 20.6. The number of nitrogens with one attached hydrogen (secondary N) is 5. The zero-order valence-corrected chi connectivity index (χ0v) is 55.1. The lowest BCUT2D eigenvalue weighted by atomic mass is 10.2. The second-order valence-corrected chi connectivity index (χ2v) is 22.7. The van der Waals surface area contributed by atoms with Crippen LogP contribution >= 0.6 is 35.1 Å². The summed E-state index contributed by atoms with van der Waals surface area (Å²) in [6, 6.07) is 46.1. The molecule has 4 amide bonds. The lowest BCUT2D eigenvalue weighted by molar-refractivity contribution is -0.125. The normalized spacial score (nSPS) is 10.4. The van der Waals surface area contributed by atoms with Crippen LogP contribution in [-0.4, -0.2) is 95.8 Å². The number of thiophene rings is 2. The summed E-state index contributed by atoms with van der Waals surface area (Å²) in [7, 11) is 2.96. The number of para-hydroxylation sites is 4. The number of aliphatic imine (C=N–C) groups is 1. The number of pyridine rings is 2. The third kappa shape index (κ3) is 21.6. The van der Waals surface area contributed by atoms with Crippen molar-refractivity contribution in [3.05, 3.63) is 200 Å². The van der Waals surface area contributed by atoms with Crippen LogP contribution in [0.2, 0.25) is 0 Å². The SMILES string of the molecule is C.COc1ccccc1NC(=O)CC(=O)Nc1ccc(Oc2ccnc3cc(-c4cccc(OCCCN)c4)sc23)c(F)c1.COc1ccccc1NC(=O)CC(=O)Nc1ccc(Oc2ccnc3cc(-c4cccc(OCCCN=C(N)N)c4)sc23)c(F)c1.Cl.N=C(N)n1cccn1. The molecule has 0 bridgehead atoms. The van der Waals surface area contributed by atoms with E-state index >= 15 is 8.78 Å². The van der Waals surface area contributed by atoms with Crippen LogP contribution in [0.1, 0.15) is 33.1 Å². The summed E-state index contributed by atoms with van der Waals surface area (Å²) < 4.78 is 66.9. The zero-order valence-electron chi connectivity index (χ0n) is 52.7. The van der Waals surface area contributed by atoms with Gasteiger partial charge in [0.15, 0.2) is 29.1 Å². The molecule has 5 heterocycles. The maximum Gasteiger partial charge on any atom is 0.233 e. The summed E-state index contributed by atoms with van der Waals surface area (Å²) in [4.78, 5) is 64.3. The molecule has 13 N–H and O–H groups in total. The fourth-order valence-corrected chi connectivity index (χ4v) is 11.2. The molecular formula is C70H71ClF2N14O10S2. The number of rotatable bonds is 25. The summed E-state index contributed by atoms with van der Waals surface area (Å²) in [5.74, 6) is -0.470. The van der Waals surface area contributed by atoms with E-state index in [-0.39, 0.29) is 54.6 Å². The highest BCUT2D eigenvalue weighted by Crippen LogP contribution is 2.42. The number of hydrogen-bond donors (Lipinski definition) is 9. The number of guanidine groups is 1. The third-order valence-corrected chi connectivity index (χ3v) is 15.9. The van der Waals surface area contributed by atoms with Crippen molar-refractivity contribution in [1.82, 2.24) is 19.7 Å². The van der Waals surface area contributed by atoms with Crippen molar-refractivity contribution in [1.29, 1.82) is 5.41 Å². The van der Waals surface area contributed by atoms with Gasteiger partial charge in [-0.1, -0.05) is 56.0 Å². The third-order valence-electron chi connectivity index (χ3n) is 13.5. The molecule has 6 aromatic carbocycles. The molecule has 514 valence electrons. The Balaban J connectivity index is 0.000000246. The maximum absolute atomic E-state index is 15.1.